The Balaban J connectivity index is 0.00000264. The molecule has 1 aromatic rings. The minimum atomic E-state index is -3.64. The first-order valence-electron chi connectivity index (χ1n) is 6.78. The molecule has 0 bridgehead atoms. The van der Waals surface area contributed by atoms with Gasteiger partial charge in [0.25, 0.3) is 11.6 Å². The molecule has 0 aromatic heterocycles. The Morgan fingerprint density at radius 1 is 1.39 bits per heavy atom. The van der Waals surface area contributed by atoms with E-state index in [2.05, 4.69) is 10.6 Å². The van der Waals surface area contributed by atoms with Crippen molar-refractivity contribution in [2.45, 2.75) is 23.8 Å². The second kappa shape index (κ2) is 7.71. The van der Waals surface area contributed by atoms with E-state index in [9.17, 15) is 23.3 Å². The topological polar surface area (TPSA) is 118 Å². The normalized spacial score (nSPS) is 17.9. The molecule has 23 heavy (non-hydrogen) atoms. The Hall–Kier alpha value is -1.71. The number of rotatable bonds is 4. The van der Waals surface area contributed by atoms with Crippen molar-refractivity contribution in [2.24, 2.45) is 0 Å². The third-order valence-corrected chi connectivity index (χ3v) is 4.52. The van der Waals surface area contributed by atoms with Gasteiger partial charge in [0.1, 0.15) is 0 Å². The fraction of sp³-hybridized carbons (Fsp3) is 0.462. The number of hydrogen-bond donors (Lipinski definition) is 2. The number of amides is 1. The third kappa shape index (κ3) is 5.15. The van der Waals surface area contributed by atoms with E-state index in [1.165, 1.54) is 0 Å². The molecule has 0 saturated carbocycles. The van der Waals surface area contributed by atoms with Crippen molar-refractivity contribution in [1.82, 2.24) is 10.6 Å². The molecule has 1 aliphatic rings. The van der Waals surface area contributed by atoms with Crippen molar-refractivity contribution >= 4 is 33.8 Å². The van der Waals surface area contributed by atoms with Gasteiger partial charge in [0.15, 0.2) is 9.84 Å². The van der Waals surface area contributed by atoms with Gasteiger partial charge in [0, 0.05) is 36.5 Å². The number of non-ortho nitro benzene ring substituents is 1. The maximum atomic E-state index is 12.2. The number of piperidine rings is 1. The maximum absolute atomic E-state index is 12.2. The summed E-state index contributed by atoms with van der Waals surface area (Å²) in [5.41, 5.74) is -0.449. The van der Waals surface area contributed by atoms with E-state index in [1.807, 2.05) is 0 Å². The first kappa shape index (κ1) is 19.3. The summed E-state index contributed by atoms with van der Waals surface area (Å²) in [4.78, 5) is 22.2. The summed E-state index contributed by atoms with van der Waals surface area (Å²) in [6.45, 7) is 1.51. The summed E-state index contributed by atoms with van der Waals surface area (Å²) < 4.78 is 23.2. The first-order chi connectivity index (χ1) is 10.3. The smallest absolute Gasteiger partial charge is 0.271 e. The highest BCUT2D eigenvalue weighted by Gasteiger charge is 2.21. The van der Waals surface area contributed by atoms with Crippen molar-refractivity contribution in [3.05, 3.63) is 33.9 Å². The molecule has 8 nitrogen and oxygen atoms in total. The second-order valence-corrected chi connectivity index (χ2v) is 7.28. The summed E-state index contributed by atoms with van der Waals surface area (Å²) in [6.07, 6.45) is 2.68. The van der Waals surface area contributed by atoms with Gasteiger partial charge in [-0.15, -0.1) is 12.4 Å². The van der Waals surface area contributed by atoms with Gasteiger partial charge in [-0.05, 0) is 25.5 Å². The highest BCUT2D eigenvalue weighted by atomic mass is 35.5. The van der Waals surface area contributed by atoms with Crippen molar-refractivity contribution in [2.75, 3.05) is 19.3 Å². The van der Waals surface area contributed by atoms with Crippen molar-refractivity contribution in [1.29, 1.82) is 0 Å². The van der Waals surface area contributed by atoms with Crippen LogP contribution in [-0.4, -0.2) is 44.6 Å². The van der Waals surface area contributed by atoms with Crippen LogP contribution in [0.4, 0.5) is 5.69 Å². The number of carbonyl (C=O) groups is 1. The Kier molecular flexibility index (Phi) is 6.48. The van der Waals surface area contributed by atoms with Crippen LogP contribution in [-0.2, 0) is 9.84 Å². The molecular weight excluding hydrogens is 346 g/mol. The molecule has 2 rings (SSSR count). The fourth-order valence-electron chi connectivity index (χ4n) is 2.28. The molecule has 0 radical (unpaired) electrons. The summed E-state index contributed by atoms with van der Waals surface area (Å²) >= 11 is 0. The van der Waals surface area contributed by atoms with Crippen molar-refractivity contribution < 1.29 is 18.1 Å². The number of benzene rings is 1. The zero-order valence-electron chi connectivity index (χ0n) is 12.4. The molecule has 1 aromatic carbocycles. The monoisotopic (exact) mass is 363 g/mol. The van der Waals surface area contributed by atoms with Gasteiger partial charge in [0.2, 0.25) is 0 Å². The molecular formula is C13H18ClN3O5S. The van der Waals surface area contributed by atoms with Crippen LogP contribution in [0, 0.1) is 10.1 Å². The summed E-state index contributed by atoms with van der Waals surface area (Å²) in [6, 6.07) is 3.13. The number of carbonyl (C=O) groups excluding carboxylic acids is 1. The van der Waals surface area contributed by atoms with E-state index in [1.54, 1.807) is 0 Å². The maximum Gasteiger partial charge on any atom is 0.271 e. The fourth-order valence-corrected chi connectivity index (χ4v) is 2.95. The number of nitro groups is 1. The lowest BCUT2D eigenvalue weighted by Crippen LogP contribution is -2.45. The van der Waals surface area contributed by atoms with E-state index < -0.39 is 26.4 Å². The van der Waals surface area contributed by atoms with Crippen LogP contribution in [0.3, 0.4) is 0 Å². The van der Waals surface area contributed by atoms with Crippen LogP contribution in [0.15, 0.2) is 23.1 Å². The van der Waals surface area contributed by atoms with Crippen LogP contribution in [0.1, 0.15) is 23.2 Å². The van der Waals surface area contributed by atoms with Gasteiger partial charge in [0.05, 0.1) is 9.82 Å². The quantitative estimate of drug-likeness (QED) is 0.606. The lowest BCUT2D eigenvalue weighted by molar-refractivity contribution is -0.385. The van der Waals surface area contributed by atoms with E-state index in [0.29, 0.717) is 6.54 Å². The van der Waals surface area contributed by atoms with Crippen LogP contribution in [0.2, 0.25) is 0 Å². The molecule has 0 aliphatic carbocycles. The molecule has 128 valence electrons. The molecule has 1 atom stereocenters. The second-order valence-electron chi connectivity index (χ2n) is 5.26. The first-order valence-corrected chi connectivity index (χ1v) is 8.67. The predicted octanol–water partition coefficient (Wildman–Crippen LogP) is 0.902. The number of nitro benzene ring substituents is 1. The third-order valence-electron chi connectivity index (χ3n) is 3.42. The van der Waals surface area contributed by atoms with E-state index in [4.69, 9.17) is 0 Å². The van der Waals surface area contributed by atoms with Crippen LogP contribution < -0.4 is 10.6 Å². The lowest BCUT2D eigenvalue weighted by atomic mass is 10.1. The molecule has 1 saturated heterocycles. The van der Waals surface area contributed by atoms with Gasteiger partial charge >= 0.3 is 0 Å². The predicted molar refractivity (Wildman–Crippen MR) is 86.8 cm³/mol. The number of halogens is 1. The Bertz CT molecular complexity index is 702. The molecule has 1 fully saturated rings. The summed E-state index contributed by atoms with van der Waals surface area (Å²) in [7, 11) is -3.64. The van der Waals surface area contributed by atoms with E-state index >= 15 is 0 Å². The lowest BCUT2D eigenvalue weighted by Gasteiger charge is -2.23. The highest BCUT2D eigenvalue weighted by Crippen LogP contribution is 2.21. The van der Waals surface area contributed by atoms with Crippen molar-refractivity contribution in [3.63, 3.8) is 0 Å². The van der Waals surface area contributed by atoms with Gasteiger partial charge in [-0.1, -0.05) is 0 Å². The standard InChI is InChI=1S/C13H17N3O5S.ClH/c1-22(20,21)12-6-9(5-11(7-12)16(18)19)13(17)15-10-3-2-4-14-8-10;/h5-7,10,14H,2-4,8H2,1H3,(H,15,17);1H/t10-;/m0./s1. The SMILES string of the molecule is CS(=O)(=O)c1cc(C(=O)N[C@H]2CCCNC2)cc([N+](=O)[O-])c1.Cl. The van der Waals surface area contributed by atoms with Crippen LogP contribution >= 0.6 is 12.4 Å². The Morgan fingerprint density at radius 2 is 2.09 bits per heavy atom. The number of nitrogens with zero attached hydrogens (tertiary/aromatic N) is 1. The molecule has 2 N–H and O–H groups in total. The average molecular weight is 364 g/mol. The number of nitrogens with one attached hydrogen (secondary N) is 2. The zero-order valence-corrected chi connectivity index (χ0v) is 14.1. The highest BCUT2D eigenvalue weighted by molar-refractivity contribution is 7.90. The molecule has 0 unspecified atom stereocenters. The largest absolute Gasteiger partial charge is 0.348 e. The van der Waals surface area contributed by atoms with Crippen LogP contribution in [0.5, 0.6) is 0 Å². The minimum Gasteiger partial charge on any atom is -0.348 e. The van der Waals surface area contributed by atoms with Crippen molar-refractivity contribution in [3.8, 4) is 0 Å². The average Bonchev–Trinajstić information content (AvgIpc) is 2.46. The molecule has 10 heteroatoms. The van der Waals surface area contributed by atoms with Gasteiger partial charge in [-0.25, -0.2) is 8.42 Å². The zero-order chi connectivity index (χ0) is 16.3. The van der Waals surface area contributed by atoms with Gasteiger partial charge in [-0.3, -0.25) is 14.9 Å². The Morgan fingerprint density at radius 3 is 2.61 bits per heavy atom. The Labute approximate surface area is 140 Å². The van der Waals surface area contributed by atoms with Crippen LogP contribution in [0.25, 0.3) is 0 Å². The number of sulfone groups is 1. The molecule has 1 amide bonds. The van der Waals surface area contributed by atoms with Gasteiger partial charge in [-0.2, -0.15) is 0 Å². The molecule has 0 spiro atoms. The number of hydrogen-bond acceptors (Lipinski definition) is 6. The summed E-state index contributed by atoms with van der Waals surface area (Å²) in [5.74, 6) is -0.512. The van der Waals surface area contributed by atoms with E-state index in [-0.39, 0.29) is 28.9 Å². The minimum absolute atomic E-state index is 0. The summed E-state index contributed by atoms with van der Waals surface area (Å²) in [5, 5.41) is 16.8. The van der Waals surface area contributed by atoms with E-state index in [0.717, 1.165) is 43.8 Å². The molecule has 1 heterocycles. The molecule has 1 aliphatic heterocycles. The van der Waals surface area contributed by atoms with Gasteiger partial charge < -0.3 is 10.6 Å².